The van der Waals surface area contributed by atoms with Gasteiger partial charge in [0.05, 0.1) is 0 Å². The van der Waals surface area contributed by atoms with Gasteiger partial charge in [-0.1, -0.05) is 46.3 Å². The van der Waals surface area contributed by atoms with Crippen molar-refractivity contribution in [1.29, 1.82) is 0 Å². The van der Waals surface area contributed by atoms with Crippen molar-refractivity contribution in [2.45, 2.75) is 53.5 Å². The number of hydrogen-bond donors (Lipinski definition) is 1. The Morgan fingerprint density at radius 1 is 1.21 bits per heavy atom. The Hall–Kier alpha value is -0.300. The molecule has 84 valence electrons. The summed E-state index contributed by atoms with van der Waals surface area (Å²) in [5.41, 5.74) is 0.299. The van der Waals surface area contributed by atoms with Crippen LogP contribution in [0.2, 0.25) is 0 Å². The average Bonchev–Trinajstić information content (AvgIpc) is 2.13. The van der Waals surface area contributed by atoms with Gasteiger partial charge in [-0.2, -0.15) is 0 Å². The third-order valence-corrected chi connectivity index (χ3v) is 3.29. The molecule has 0 aliphatic carbocycles. The smallest absolute Gasteiger partial charge is 0.00976 e. The van der Waals surface area contributed by atoms with Gasteiger partial charge in [-0.05, 0) is 31.7 Å². The van der Waals surface area contributed by atoms with Crippen LogP contribution in [-0.2, 0) is 0 Å². The van der Waals surface area contributed by atoms with Gasteiger partial charge in [-0.3, -0.25) is 0 Å². The van der Waals surface area contributed by atoms with E-state index in [2.05, 4.69) is 59.1 Å². The Bertz CT molecular complexity index is 166. The van der Waals surface area contributed by atoms with E-state index in [1.54, 1.807) is 0 Å². The van der Waals surface area contributed by atoms with Crippen molar-refractivity contribution in [2.24, 2.45) is 11.3 Å². The minimum Gasteiger partial charge on any atom is -0.317 e. The summed E-state index contributed by atoms with van der Waals surface area (Å²) in [7, 11) is 2.07. The Morgan fingerprint density at radius 3 is 2.07 bits per heavy atom. The van der Waals surface area contributed by atoms with Crippen LogP contribution in [0.25, 0.3) is 0 Å². The third kappa shape index (κ3) is 3.45. The first kappa shape index (κ1) is 13.7. The van der Waals surface area contributed by atoms with Gasteiger partial charge in [-0.25, -0.2) is 0 Å². The average molecular weight is 197 g/mol. The van der Waals surface area contributed by atoms with E-state index in [0.29, 0.717) is 17.4 Å². The molecule has 1 nitrogen and oxygen atoms in total. The molecule has 0 heterocycles. The fourth-order valence-corrected chi connectivity index (χ4v) is 2.57. The Morgan fingerprint density at radius 2 is 1.79 bits per heavy atom. The fraction of sp³-hybridized carbons (Fsp3) is 0.846. The molecule has 1 N–H and O–H groups in total. The van der Waals surface area contributed by atoms with Gasteiger partial charge in [0.1, 0.15) is 0 Å². The lowest BCUT2D eigenvalue weighted by Gasteiger charge is -2.37. The van der Waals surface area contributed by atoms with Crippen LogP contribution in [0.1, 0.15) is 47.5 Å². The summed E-state index contributed by atoms with van der Waals surface area (Å²) in [6.07, 6.45) is 6.94. The summed E-state index contributed by atoms with van der Waals surface area (Å²) in [5, 5.41) is 3.43. The highest BCUT2D eigenvalue weighted by Crippen LogP contribution is 2.34. The monoisotopic (exact) mass is 197 g/mol. The van der Waals surface area contributed by atoms with E-state index in [1.165, 1.54) is 12.8 Å². The van der Waals surface area contributed by atoms with Gasteiger partial charge in [-0.15, -0.1) is 0 Å². The predicted molar refractivity (Wildman–Crippen MR) is 65.5 cm³/mol. The second-order valence-electron chi connectivity index (χ2n) is 4.64. The van der Waals surface area contributed by atoms with Crippen LogP contribution >= 0.6 is 0 Å². The minimum absolute atomic E-state index is 0.299. The second-order valence-corrected chi connectivity index (χ2v) is 4.64. The van der Waals surface area contributed by atoms with Crippen LogP contribution < -0.4 is 5.32 Å². The van der Waals surface area contributed by atoms with Crippen molar-refractivity contribution in [1.82, 2.24) is 5.32 Å². The van der Waals surface area contributed by atoms with E-state index in [-0.39, 0.29) is 0 Å². The number of allylic oxidation sites excluding steroid dienone is 2. The molecule has 0 radical (unpaired) electrons. The molecule has 1 heteroatoms. The Balaban J connectivity index is 4.67. The lowest BCUT2D eigenvalue weighted by molar-refractivity contribution is 0.204. The second kappa shape index (κ2) is 6.23. The zero-order valence-electron chi connectivity index (χ0n) is 10.7. The van der Waals surface area contributed by atoms with E-state index in [4.69, 9.17) is 0 Å². The van der Waals surface area contributed by atoms with Crippen LogP contribution in [0.15, 0.2) is 12.2 Å². The minimum atomic E-state index is 0.299. The van der Waals surface area contributed by atoms with Crippen LogP contribution in [0.5, 0.6) is 0 Å². The summed E-state index contributed by atoms with van der Waals surface area (Å²) in [6.45, 7) is 11.3. The molecule has 0 bridgehead atoms. The zero-order valence-corrected chi connectivity index (χ0v) is 10.7. The van der Waals surface area contributed by atoms with Crippen LogP contribution in [0.4, 0.5) is 0 Å². The van der Waals surface area contributed by atoms with Crippen LogP contribution in [0.3, 0.4) is 0 Å². The van der Waals surface area contributed by atoms with E-state index in [0.717, 1.165) is 0 Å². The van der Waals surface area contributed by atoms with Gasteiger partial charge in [0.15, 0.2) is 0 Å². The van der Waals surface area contributed by atoms with Gasteiger partial charge >= 0.3 is 0 Å². The molecule has 0 aromatic heterocycles. The first-order valence-electron chi connectivity index (χ1n) is 5.84. The molecule has 0 aromatic carbocycles. The lowest BCUT2D eigenvalue weighted by atomic mass is 9.72. The number of rotatable bonds is 6. The highest BCUT2D eigenvalue weighted by molar-refractivity contribution is 4.99. The molecular formula is C13H27N. The third-order valence-electron chi connectivity index (χ3n) is 3.29. The van der Waals surface area contributed by atoms with Gasteiger partial charge in [0.25, 0.3) is 0 Å². The van der Waals surface area contributed by atoms with E-state index < -0.39 is 0 Å². The highest BCUT2D eigenvalue weighted by Gasteiger charge is 2.30. The number of hydrogen-bond acceptors (Lipinski definition) is 1. The summed E-state index contributed by atoms with van der Waals surface area (Å²) in [4.78, 5) is 0. The van der Waals surface area contributed by atoms with E-state index in [9.17, 15) is 0 Å². The fourth-order valence-electron chi connectivity index (χ4n) is 2.57. The van der Waals surface area contributed by atoms with Crippen molar-refractivity contribution in [3.8, 4) is 0 Å². The predicted octanol–water partition coefficient (Wildman–Crippen LogP) is 3.61. The molecular weight excluding hydrogens is 170 g/mol. The van der Waals surface area contributed by atoms with Crippen LogP contribution in [-0.4, -0.2) is 13.1 Å². The summed E-state index contributed by atoms with van der Waals surface area (Å²) in [6, 6.07) is 0.631. The maximum atomic E-state index is 3.43. The van der Waals surface area contributed by atoms with Crippen LogP contribution in [0, 0.1) is 11.3 Å². The Kier molecular flexibility index (Phi) is 6.10. The van der Waals surface area contributed by atoms with Gasteiger partial charge in [0.2, 0.25) is 0 Å². The van der Waals surface area contributed by atoms with E-state index >= 15 is 0 Å². The zero-order chi connectivity index (χ0) is 11.2. The molecule has 0 rings (SSSR count). The Labute approximate surface area is 90.0 Å². The maximum Gasteiger partial charge on any atom is 0.00976 e. The molecule has 0 spiro atoms. The highest BCUT2D eigenvalue weighted by atomic mass is 14.9. The molecule has 0 amide bonds. The molecule has 0 aromatic rings. The molecule has 2 unspecified atom stereocenters. The SMILES string of the molecule is C/C=C\C(C)(C)C(CC)C(CC)NC. The first-order valence-corrected chi connectivity index (χ1v) is 5.84. The first-order chi connectivity index (χ1) is 6.53. The quantitative estimate of drug-likeness (QED) is 0.641. The lowest BCUT2D eigenvalue weighted by Crippen LogP contribution is -2.40. The van der Waals surface area contributed by atoms with Gasteiger partial charge < -0.3 is 5.32 Å². The van der Waals surface area contributed by atoms with Crippen molar-refractivity contribution in [3.63, 3.8) is 0 Å². The molecule has 2 atom stereocenters. The summed E-state index contributed by atoms with van der Waals surface area (Å²) < 4.78 is 0. The normalized spacial score (nSPS) is 17.3. The van der Waals surface area contributed by atoms with Crippen molar-refractivity contribution in [3.05, 3.63) is 12.2 Å². The van der Waals surface area contributed by atoms with E-state index in [1.807, 2.05) is 0 Å². The molecule has 0 aliphatic rings. The van der Waals surface area contributed by atoms with Crippen molar-refractivity contribution < 1.29 is 0 Å². The maximum absolute atomic E-state index is 3.43. The summed E-state index contributed by atoms with van der Waals surface area (Å²) in [5.74, 6) is 0.716. The van der Waals surface area contributed by atoms with Gasteiger partial charge in [0, 0.05) is 6.04 Å². The molecule has 0 fully saturated rings. The standard InChI is InChI=1S/C13H27N/c1-7-10-13(4,5)11(8-2)12(9-3)14-6/h7,10-12,14H,8-9H2,1-6H3/b10-7-. The van der Waals surface area contributed by atoms with Crippen molar-refractivity contribution >= 4 is 0 Å². The molecule has 0 aliphatic heterocycles. The topological polar surface area (TPSA) is 12.0 Å². The van der Waals surface area contributed by atoms with Crippen molar-refractivity contribution in [2.75, 3.05) is 7.05 Å². The summed E-state index contributed by atoms with van der Waals surface area (Å²) >= 11 is 0. The molecule has 0 saturated heterocycles. The molecule has 0 saturated carbocycles. The number of nitrogens with one attached hydrogen (secondary N) is 1. The molecule has 14 heavy (non-hydrogen) atoms. The largest absolute Gasteiger partial charge is 0.317 e.